The van der Waals surface area contributed by atoms with Gasteiger partial charge in [-0.15, -0.1) is 0 Å². The zero-order chi connectivity index (χ0) is 31.7. The van der Waals surface area contributed by atoms with Crippen molar-refractivity contribution in [3.05, 3.63) is 23.8 Å². The Balaban J connectivity index is 3.52. The van der Waals surface area contributed by atoms with Crippen LogP contribution in [0.15, 0.2) is 18.2 Å². The summed E-state index contributed by atoms with van der Waals surface area (Å²) >= 11 is 0. The zero-order valence-electron chi connectivity index (χ0n) is 25.6. The van der Waals surface area contributed by atoms with E-state index in [1.54, 1.807) is 55.4 Å². The highest BCUT2D eigenvalue weighted by Gasteiger charge is 2.36. The van der Waals surface area contributed by atoms with Gasteiger partial charge in [0.1, 0.15) is 23.3 Å². The molecule has 41 heavy (non-hydrogen) atoms. The number of hydrogen-bond donors (Lipinski definition) is 2. The summed E-state index contributed by atoms with van der Waals surface area (Å²) in [7, 11) is 0. The normalized spacial score (nSPS) is 14.7. The molecule has 12 nitrogen and oxygen atoms in total. The quantitative estimate of drug-likeness (QED) is 0.154. The van der Waals surface area contributed by atoms with Gasteiger partial charge in [0.2, 0.25) is 0 Å². The highest BCUT2D eigenvalue weighted by atomic mass is 16.8. The van der Waals surface area contributed by atoms with Crippen LogP contribution >= 0.6 is 0 Å². The Morgan fingerprint density at radius 2 is 1.29 bits per heavy atom. The first kappa shape index (κ1) is 35.5. The average Bonchev–Trinajstić information content (AvgIpc) is 2.84. The molecule has 0 heterocycles. The van der Waals surface area contributed by atoms with Crippen molar-refractivity contribution in [2.24, 2.45) is 11.7 Å². The zero-order valence-corrected chi connectivity index (χ0v) is 25.6. The summed E-state index contributed by atoms with van der Waals surface area (Å²) in [6, 6.07) is 2.69. The fraction of sp³-hybridized carbons (Fsp3) is 0.655. The third-order valence-electron chi connectivity index (χ3n) is 6.75. The lowest BCUT2D eigenvalue weighted by Crippen LogP contribution is -2.42. The van der Waals surface area contributed by atoms with Crippen molar-refractivity contribution in [3.8, 4) is 11.5 Å². The average molecular weight is 584 g/mol. The molecule has 0 fully saturated rings. The highest BCUT2D eigenvalue weighted by molar-refractivity contribution is 5.75. The van der Waals surface area contributed by atoms with Crippen LogP contribution in [-0.2, 0) is 23.7 Å². The van der Waals surface area contributed by atoms with Gasteiger partial charge in [-0.3, -0.25) is 4.79 Å². The minimum absolute atomic E-state index is 0.169. The molecule has 1 aromatic carbocycles. The number of hydrogen-bond acceptors (Lipinski definition) is 11. The Bertz CT molecular complexity index is 1070. The molecule has 3 N–H and O–H groups in total. The minimum Gasteiger partial charge on any atom is -0.480 e. The summed E-state index contributed by atoms with van der Waals surface area (Å²) in [4.78, 5) is 49.3. The van der Waals surface area contributed by atoms with Crippen molar-refractivity contribution in [1.82, 2.24) is 0 Å². The van der Waals surface area contributed by atoms with E-state index in [2.05, 4.69) is 0 Å². The standard InChI is InChI=1S/C29H45NO11/c1-11-28(7,8)40-26(34)38-20-14-13-19(15-21(20)39-27(35)41-29(9,10)12-2)22(23(30)24(31)32)17(5)18(6)37-25(33)36-16(3)4/h13-18,22-23H,11-12,30H2,1-10H3,(H,31,32)/t17?,18?,22?,23-/m0/s1. The van der Waals surface area contributed by atoms with E-state index in [4.69, 9.17) is 34.2 Å². The van der Waals surface area contributed by atoms with E-state index < -0.39 is 65.7 Å². The summed E-state index contributed by atoms with van der Waals surface area (Å²) < 4.78 is 31.9. The van der Waals surface area contributed by atoms with Gasteiger partial charge < -0.3 is 39.3 Å². The number of benzene rings is 1. The number of nitrogens with two attached hydrogens (primary N) is 1. The predicted octanol–water partition coefficient (Wildman–Crippen LogP) is 6.18. The fourth-order valence-electron chi connectivity index (χ4n) is 3.48. The number of carboxylic acids is 1. The van der Waals surface area contributed by atoms with E-state index >= 15 is 0 Å². The Morgan fingerprint density at radius 1 is 0.805 bits per heavy atom. The predicted molar refractivity (Wildman–Crippen MR) is 149 cm³/mol. The second-order valence-corrected chi connectivity index (χ2v) is 11.3. The summed E-state index contributed by atoms with van der Waals surface area (Å²) in [5.41, 5.74) is 4.74. The van der Waals surface area contributed by atoms with Gasteiger partial charge >= 0.3 is 24.4 Å². The molecular weight excluding hydrogens is 538 g/mol. The van der Waals surface area contributed by atoms with Crippen LogP contribution in [0.2, 0.25) is 0 Å². The van der Waals surface area contributed by atoms with Gasteiger partial charge in [-0.1, -0.05) is 26.8 Å². The van der Waals surface area contributed by atoms with Crippen LogP contribution in [0.25, 0.3) is 0 Å². The second-order valence-electron chi connectivity index (χ2n) is 11.3. The fourth-order valence-corrected chi connectivity index (χ4v) is 3.48. The maximum atomic E-state index is 12.7. The van der Waals surface area contributed by atoms with Gasteiger partial charge in [0.15, 0.2) is 11.5 Å². The highest BCUT2D eigenvalue weighted by Crippen LogP contribution is 2.38. The Hall–Kier alpha value is -3.54. The third kappa shape index (κ3) is 11.5. The van der Waals surface area contributed by atoms with E-state index in [-0.39, 0.29) is 11.5 Å². The van der Waals surface area contributed by atoms with Crippen LogP contribution in [-0.4, -0.2) is 59.0 Å². The van der Waals surface area contributed by atoms with Crippen molar-refractivity contribution in [2.75, 3.05) is 0 Å². The molecule has 0 aromatic heterocycles. The SMILES string of the molecule is CCC(C)(C)OC(=O)Oc1ccc(C(C(C)C(C)OC(=O)OC(C)C)[C@H](N)C(=O)O)cc1OC(=O)OC(C)(C)CC. The van der Waals surface area contributed by atoms with Gasteiger partial charge in [-0.25, -0.2) is 14.4 Å². The number of carboxylic acid groups (broad SMARTS) is 1. The van der Waals surface area contributed by atoms with Gasteiger partial charge in [0.25, 0.3) is 0 Å². The first-order valence-electron chi connectivity index (χ1n) is 13.6. The second kappa shape index (κ2) is 14.9. The molecule has 0 bridgehead atoms. The van der Waals surface area contributed by atoms with E-state index in [0.29, 0.717) is 18.4 Å². The van der Waals surface area contributed by atoms with Gasteiger partial charge in [-0.05, 0) is 79.0 Å². The number of carbonyl (C=O) groups excluding carboxylic acids is 3. The van der Waals surface area contributed by atoms with E-state index in [0.717, 1.165) is 0 Å². The van der Waals surface area contributed by atoms with Crippen molar-refractivity contribution in [2.45, 2.75) is 117 Å². The van der Waals surface area contributed by atoms with E-state index in [9.17, 15) is 24.3 Å². The molecule has 232 valence electrons. The molecule has 0 aliphatic rings. The molecule has 1 aromatic rings. The largest absolute Gasteiger partial charge is 0.514 e. The smallest absolute Gasteiger partial charge is 0.480 e. The number of aliphatic carboxylic acids is 1. The lowest BCUT2D eigenvalue weighted by atomic mass is 9.79. The Kier molecular flexibility index (Phi) is 12.9. The van der Waals surface area contributed by atoms with Crippen molar-refractivity contribution < 1.29 is 52.7 Å². The van der Waals surface area contributed by atoms with Crippen LogP contribution in [0.1, 0.15) is 93.6 Å². The van der Waals surface area contributed by atoms with Crippen LogP contribution in [0.5, 0.6) is 11.5 Å². The minimum atomic E-state index is -1.45. The van der Waals surface area contributed by atoms with Crippen LogP contribution < -0.4 is 15.2 Å². The lowest BCUT2D eigenvalue weighted by molar-refractivity contribution is -0.139. The maximum absolute atomic E-state index is 12.7. The molecule has 4 atom stereocenters. The van der Waals surface area contributed by atoms with Crippen LogP contribution in [0.3, 0.4) is 0 Å². The number of carbonyl (C=O) groups is 4. The molecule has 0 amide bonds. The molecule has 12 heteroatoms. The number of rotatable bonds is 13. The molecule has 3 unspecified atom stereocenters. The van der Waals surface area contributed by atoms with Crippen molar-refractivity contribution in [3.63, 3.8) is 0 Å². The summed E-state index contributed by atoms with van der Waals surface area (Å²) in [5, 5.41) is 9.77. The molecule has 1 rings (SSSR count). The topological polar surface area (TPSA) is 170 Å². The summed E-state index contributed by atoms with van der Waals surface area (Å²) in [6.07, 6.45) is -3.24. The molecule has 0 aliphatic carbocycles. The van der Waals surface area contributed by atoms with Crippen LogP contribution in [0.4, 0.5) is 14.4 Å². The first-order chi connectivity index (χ1) is 18.8. The van der Waals surface area contributed by atoms with E-state index in [1.807, 2.05) is 13.8 Å². The van der Waals surface area contributed by atoms with Crippen molar-refractivity contribution in [1.29, 1.82) is 0 Å². The molecular formula is C29H45NO11. The lowest BCUT2D eigenvalue weighted by Gasteiger charge is -2.31. The molecule has 0 aliphatic heterocycles. The third-order valence-corrected chi connectivity index (χ3v) is 6.75. The molecule has 0 radical (unpaired) electrons. The van der Waals surface area contributed by atoms with Gasteiger partial charge in [0.05, 0.1) is 6.10 Å². The van der Waals surface area contributed by atoms with Crippen LogP contribution in [0, 0.1) is 5.92 Å². The Morgan fingerprint density at radius 3 is 1.73 bits per heavy atom. The van der Waals surface area contributed by atoms with Crippen molar-refractivity contribution >= 4 is 24.4 Å². The summed E-state index contributed by atoms with van der Waals surface area (Å²) in [5.74, 6) is -3.30. The van der Waals surface area contributed by atoms with E-state index in [1.165, 1.54) is 18.2 Å². The summed E-state index contributed by atoms with van der Waals surface area (Å²) in [6.45, 7) is 17.0. The molecule has 0 saturated carbocycles. The monoisotopic (exact) mass is 583 g/mol. The van der Waals surface area contributed by atoms with Gasteiger partial charge in [-0.2, -0.15) is 0 Å². The first-order valence-corrected chi connectivity index (χ1v) is 13.6. The number of ether oxygens (including phenoxy) is 6. The molecule has 0 saturated heterocycles. The Labute approximate surface area is 241 Å². The maximum Gasteiger partial charge on any atom is 0.514 e. The molecule has 0 spiro atoms. The van der Waals surface area contributed by atoms with Gasteiger partial charge in [0, 0.05) is 11.8 Å².